The highest BCUT2D eigenvalue weighted by molar-refractivity contribution is 8.01. The van der Waals surface area contributed by atoms with Crippen molar-refractivity contribution in [2.75, 3.05) is 4.90 Å². The maximum absolute atomic E-state index is 12.9. The van der Waals surface area contributed by atoms with Crippen LogP contribution in [0, 0.1) is 0 Å². The van der Waals surface area contributed by atoms with Crippen molar-refractivity contribution >= 4 is 46.0 Å². The summed E-state index contributed by atoms with van der Waals surface area (Å²) in [5, 5.41) is 2.46. The summed E-state index contributed by atoms with van der Waals surface area (Å²) in [7, 11) is 0. The van der Waals surface area contributed by atoms with E-state index in [4.69, 9.17) is 16.3 Å². The van der Waals surface area contributed by atoms with Gasteiger partial charge in [0.05, 0.1) is 23.6 Å². The van der Waals surface area contributed by atoms with E-state index < -0.39 is 16.5 Å². The molecule has 0 saturated heterocycles. The van der Waals surface area contributed by atoms with Gasteiger partial charge in [0.2, 0.25) is 11.1 Å². The van der Waals surface area contributed by atoms with Gasteiger partial charge in [-0.2, -0.15) is 0 Å². The van der Waals surface area contributed by atoms with Gasteiger partial charge in [0, 0.05) is 17.8 Å². The summed E-state index contributed by atoms with van der Waals surface area (Å²) in [6.45, 7) is 0. The van der Waals surface area contributed by atoms with Gasteiger partial charge in [0.25, 0.3) is 0 Å². The number of halogens is 1. The number of pyridine rings is 2. The number of aromatic nitrogens is 2. The van der Waals surface area contributed by atoms with Gasteiger partial charge in [-0.25, -0.2) is 14.8 Å². The van der Waals surface area contributed by atoms with Gasteiger partial charge in [0.15, 0.2) is 0 Å². The van der Waals surface area contributed by atoms with Crippen molar-refractivity contribution in [2.45, 2.75) is 16.3 Å². The van der Waals surface area contributed by atoms with Crippen molar-refractivity contribution in [1.82, 2.24) is 15.3 Å². The number of amides is 2. The van der Waals surface area contributed by atoms with Crippen molar-refractivity contribution < 1.29 is 14.3 Å². The average molecular weight is 425 g/mol. The number of ether oxygens (including phenoxy) is 1. The molecule has 0 fully saturated rings. The topological polar surface area (TPSA) is 84.4 Å². The summed E-state index contributed by atoms with van der Waals surface area (Å²) in [6.07, 6.45) is 3.18. The van der Waals surface area contributed by atoms with Crippen LogP contribution in [0.3, 0.4) is 0 Å². The average Bonchev–Trinajstić information content (AvgIpc) is 3.10. The van der Waals surface area contributed by atoms with Crippen molar-refractivity contribution in [2.24, 2.45) is 0 Å². The van der Waals surface area contributed by atoms with E-state index in [0.717, 1.165) is 5.56 Å². The number of thioether (sulfide) groups is 1. The molecule has 144 valence electrons. The predicted molar refractivity (Wildman–Crippen MR) is 109 cm³/mol. The molecule has 3 aromatic rings. The van der Waals surface area contributed by atoms with Crippen LogP contribution in [0.1, 0.15) is 11.6 Å². The van der Waals surface area contributed by atoms with Crippen LogP contribution < -0.4 is 15.0 Å². The number of urea groups is 1. The van der Waals surface area contributed by atoms with Crippen LogP contribution in [0.15, 0.2) is 66.0 Å². The molecule has 0 aliphatic carbocycles. The lowest BCUT2D eigenvalue weighted by molar-refractivity contribution is -0.111. The molecule has 2 atom stereocenters. The van der Waals surface area contributed by atoms with Crippen molar-refractivity contribution in [3.05, 3.63) is 66.5 Å². The van der Waals surface area contributed by atoms with Gasteiger partial charge in [-0.05, 0) is 35.9 Å². The fourth-order valence-corrected chi connectivity index (χ4v) is 4.84. The van der Waals surface area contributed by atoms with E-state index in [2.05, 4.69) is 15.3 Å². The summed E-state index contributed by atoms with van der Waals surface area (Å²) in [5.41, 5.74) is 2.02. The third-order valence-electron chi connectivity index (χ3n) is 4.67. The van der Waals surface area contributed by atoms with Crippen LogP contribution in [0.5, 0.6) is 11.6 Å². The van der Waals surface area contributed by atoms with Gasteiger partial charge >= 0.3 is 6.03 Å². The van der Waals surface area contributed by atoms with Crippen LogP contribution in [-0.4, -0.2) is 26.5 Å². The molecular weight excluding hydrogens is 412 g/mol. The Morgan fingerprint density at radius 3 is 2.69 bits per heavy atom. The normalized spacial score (nSPS) is 19.5. The molecule has 4 heterocycles. The first-order valence-corrected chi connectivity index (χ1v) is 10.0. The molecule has 2 unspecified atom stereocenters. The second-order valence-electron chi connectivity index (χ2n) is 6.42. The Bertz CT molecular complexity index is 1110. The maximum atomic E-state index is 12.9. The van der Waals surface area contributed by atoms with Crippen LogP contribution >= 0.6 is 23.4 Å². The predicted octanol–water partition coefficient (Wildman–Crippen LogP) is 4.41. The van der Waals surface area contributed by atoms with E-state index in [0.29, 0.717) is 28.0 Å². The number of nitrogens with one attached hydrogen (secondary N) is 1. The monoisotopic (exact) mass is 424 g/mol. The molecule has 9 heteroatoms. The smallest absolute Gasteiger partial charge is 0.327 e. The molecule has 0 radical (unpaired) electrons. The fourth-order valence-electron chi connectivity index (χ4n) is 3.43. The highest BCUT2D eigenvalue weighted by atomic mass is 35.5. The van der Waals surface area contributed by atoms with E-state index in [1.165, 1.54) is 16.7 Å². The lowest BCUT2D eigenvalue weighted by Crippen LogP contribution is -2.46. The van der Waals surface area contributed by atoms with Crippen LogP contribution in [0.2, 0.25) is 0 Å². The first kappa shape index (κ1) is 18.0. The number of carbonyl (C=O) groups is 2. The first-order chi connectivity index (χ1) is 14.1. The van der Waals surface area contributed by atoms with E-state index in [9.17, 15) is 9.59 Å². The highest BCUT2D eigenvalue weighted by Gasteiger charge is 2.46. The molecule has 2 aliphatic rings. The van der Waals surface area contributed by atoms with Gasteiger partial charge in [-0.1, -0.05) is 30.0 Å². The second kappa shape index (κ2) is 7.06. The quantitative estimate of drug-likeness (QED) is 0.624. The van der Waals surface area contributed by atoms with Crippen LogP contribution in [-0.2, 0) is 4.79 Å². The second-order valence-corrected chi connectivity index (χ2v) is 7.93. The molecule has 0 spiro atoms. The van der Waals surface area contributed by atoms with E-state index >= 15 is 0 Å². The summed E-state index contributed by atoms with van der Waals surface area (Å²) in [5.74, 6) is 1.09. The number of carbonyl (C=O) groups excluding carboxylic acids is 2. The number of hydrogen-bond acceptors (Lipinski definition) is 6. The summed E-state index contributed by atoms with van der Waals surface area (Å²) in [4.78, 5) is 34.8. The molecule has 5 rings (SSSR count). The third-order valence-corrected chi connectivity index (χ3v) is 6.33. The SMILES string of the molecule is O=C(Cl)C1Sc2nccc3c2C1NC(=O)N3c1ccc(Oc2ccccc2)nc1. The Morgan fingerprint density at radius 1 is 1.14 bits per heavy atom. The van der Waals surface area contributed by atoms with Gasteiger partial charge < -0.3 is 10.1 Å². The fraction of sp³-hybridized carbons (Fsp3) is 0.100. The minimum absolute atomic E-state index is 0.358. The molecule has 2 aliphatic heterocycles. The zero-order valence-electron chi connectivity index (χ0n) is 14.8. The molecular formula is C20H13ClN4O3S. The van der Waals surface area contributed by atoms with Crippen LogP contribution in [0.4, 0.5) is 16.2 Å². The molecule has 1 aromatic carbocycles. The largest absolute Gasteiger partial charge is 0.439 e. The number of para-hydroxylation sites is 1. The maximum Gasteiger partial charge on any atom is 0.327 e. The molecule has 1 N–H and O–H groups in total. The molecule has 0 bridgehead atoms. The number of rotatable bonds is 4. The molecule has 2 amide bonds. The first-order valence-electron chi connectivity index (χ1n) is 8.76. The van der Waals surface area contributed by atoms with Crippen LogP contribution in [0.25, 0.3) is 0 Å². The number of benzene rings is 1. The molecule has 2 aromatic heterocycles. The highest BCUT2D eigenvalue weighted by Crippen LogP contribution is 2.50. The number of anilines is 2. The molecule has 7 nitrogen and oxygen atoms in total. The molecule has 29 heavy (non-hydrogen) atoms. The van der Waals surface area contributed by atoms with Gasteiger partial charge in [-0.3, -0.25) is 9.69 Å². The molecule has 0 saturated carbocycles. The Kier molecular flexibility index (Phi) is 4.37. The lowest BCUT2D eigenvalue weighted by Gasteiger charge is -2.33. The zero-order valence-corrected chi connectivity index (χ0v) is 16.4. The summed E-state index contributed by atoms with van der Waals surface area (Å²) < 4.78 is 5.71. The van der Waals surface area contributed by atoms with E-state index in [1.54, 1.807) is 30.6 Å². The van der Waals surface area contributed by atoms with Crippen molar-refractivity contribution in [1.29, 1.82) is 0 Å². The standard InChI is InChI=1S/C20H13ClN4O3S/c21-18(26)17-16-15-13(8-9-22-19(15)29-17)25(20(27)24-16)11-6-7-14(23-10-11)28-12-4-2-1-3-5-12/h1-10,16-17H,(H,24,27). The minimum atomic E-state index is -0.591. The summed E-state index contributed by atoms with van der Waals surface area (Å²) >= 11 is 7.00. The van der Waals surface area contributed by atoms with Gasteiger partial charge in [-0.15, -0.1) is 0 Å². The Balaban J connectivity index is 1.48. The van der Waals surface area contributed by atoms with Crippen molar-refractivity contribution in [3.8, 4) is 11.6 Å². The number of hydrogen-bond donors (Lipinski definition) is 1. The Hall–Kier alpha value is -3.10. The minimum Gasteiger partial charge on any atom is -0.439 e. The lowest BCUT2D eigenvalue weighted by atomic mass is 10.0. The Labute approximate surface area is 175 Å². The third kappa shape index (κ3) is 3.10. The van der Waals surface area contributed by atoms with Gasteiger partial charge in [0.1, 0.15) is 16.0 Å². The Morgan fingerprint density at radius 2 is 1.97 bits per heavy atom. The number of nitrogens with zero attached hydrogens (tertiary/aromatic N) is 3. The zero-order chi connectivity index (χ0) is 20.0. The van der Waals surface area contributed by atoms with E-state index in [1.807, 2.05) is 30.3 Å². The summed E-state index contributed by atoms with van der Waals surface area (Å²) in [6, 6.07) is 13.7. The van der Waals surface area contributed by atoms with Crippen molar-refractivity contribution in [3.63, 3.8) is 0 Å². The van der Waals surface area contributed by atoms with E-state index in [-0.39, 0.29) is 6.03 Å².